The lowest BCUT2D eigenvalue weighted by Crippen LogP contribution is -2.36. The minimum Gasteiger partial charge on any atom is -0.387 e. The van der Waals surface area contributed by atoms with E-state index < -0.39 is 17.7 Å². The van der Waals surface area contributed by atoms with Gasteiger partial charge in [-0.2, -0.15) is 0 Å². The van der Waals surface area contributed by atoms with Crippen molar-refractivity contribution in [1.82, 2.24) is 10.2 Å². The molecule has 0 radical (unpaired) electrons. The van der Waals surface area contributed by atoms with Crippen LogP contribution in [-0.2, 0) is 4.79 Å². The Morgan fingerprint density at radius 3 is 2.79 bits per heavy atom. The summed E-state index contributed by atoms with van der Waals surface area (Å²) < 4.78 is 26.3. The lowest BCUT2D eigenvalue weighted by molar-refractivity contribution is -0.128. The van der Waals surface area contributed by atoms with E-state index in [2.05, 4.69) is 5.32 Å². The molecule has 4 nitrogen and oxygen atoms in total. The molecule has 0 aliphatic carbocycles. The maximum absolute atomic E-state index is 13.4. The number of hydrogen-bond acceptors (Lipinski definition) is 3. The molecule has 1 aromatic rings. The van der Waals surface area contributed by atoms with E-state index in [4.69, 9.17) is 0 Å². The highest BCUT2D eigenvalue weighted by Crippen LogP contribution is 2.17. The number of rotatable bonds is 6. The molecular weight excluding hydrogens is 254 g/mol. The van der Waals surface area contributed by atoms with E-state index in [0.717, 1.165) is 18.2 Å². The second-order valence-corrected chi connectivity index (χ2v) is 4.22. The second-order valence-electron chi connectivity index (χ2n) is 4.22. The Balaban J connectivity index is 2.49. The summed E-state index contributed by atoms with van der Waals surface area (Å²) in [6.07, 6.45) is -1.20. The molecule has 106 valence electrons. The van der Waals surface area contributed by atoms with Gasteiger partial charge in [-0.1, -0.05) is 0 Å². The Morgan fingerprint density at radius 2 is 2.16 bits per heavy atom. The number of aliphatic hydroxyl groups excluding tert-OH is 1. The average molecular weight is 272 g/mol. The Bertz CT molecular complexity index is 441. The topological polar surface area (TPSA) is 52.6 Å². The molecule has 1 atom stereocenters. The number of benzene rings is 1. The Hall–Kier alpha value is -1.53. The third-order valence-electron chi connectivity index (χ3n) is 2.83. The number of halogens is 2. The van der Waals surface area contributed by atoms with Crippen LogP contribution in [0.25, 0.3) is 0 Å². The summed E-state index contributed by atoms with van der Waals surface area (Å²) in [6.45, 7) is 2.44. The van der Waals surface area contributed by atoms with Gasteiger partial charge in [-0.3, -0.25) is 4.79 Å². The molecule has 6 heteroatoms. The normalized spacial score (nSPS) is 12.3. The fourth-order valence-electron chi connectivity index (χ4n) is 1.51. The predicted molar refractivity (Wildman–Crippen MR) is 67.5 cm³/mol. The van der Waals surface area contributed by atoms with Crippen LogP contribution >= 0.6 is 0 Å². The van der Waals surface area contributed by atoms with E-state index in [1.54, 1.807) is 7.05 Å². The third kappa shape index (κ3) is 4.57. The summed E-state index contributed by atoms with van der Waals surface area (Å²) in [5.41, 5.74) is -0.121. The maximum atomic E-state index is 13.4. The minimum atomic E-state index is -1.20. The summed E-state index contributed by atoms with van der Waals surface area (Å²) in [4.78, 5) is 13.0. The van der Waals surface area contributed by atoms with E-state index in [-0.39, 0.29) is 24.6 Å². The van der Waals surface area contributed by atoms with Crippen molar-refractivity contribution < 1.29 is 18.7 Å². The molecule has 0 spiro atoms. The summed E-state index contributed by atoms with van der Waals surface area (Å²) in [7, 11) is 1.66. The van der Waals surface area contributed by atoms with Gasteiger partial charge in [0, 0.05) is 25.7 Å². The smallest absolute Gasteiger partial charge is 0.236 e. The van der Waals surface area contributed by atoms with Crippen molar-refractivity contribution >= 4 is 5.91 Å². The number of carbonyl (C=O) groups excluding carboxylic acids is 1. The number of hydrogen-bond donors (Lipinski definition) is 2. The Labute approximate surface area is 111 Å². The molecule has 1 aromatic carbocycles. The van der Waals surface area contributed by atoms with Gasteiger partial charge in [0.2, 0.25) is 5.91 Å². The van der Waals surface area contributed by atoms with Crippen LogP contribution in [-0.4, -0.2) is 42.6 Å². The zero-order valence-corrected chi connectivity index (χ0v) is 11.0. The fraction of sp³-hybridized carbons (Fsp3) is 0.462. The lowest BCUT2D eigenvalue weighted by Gasteiger charge is -2.16. The van der Waals surface area contributed by atoms with Crippen LogP contribution in [0.2, 0.25) is 0 Å². The molecule has 0 saturated heterocycles. The molecule has 2 N–H and O–H groups in total. The molecule has 0 bridgehead atoms. The zero-order valence-electron chi connectivity index (χ0n) is 11.0. The molecule has 0 aromatic heterocycles. The largest absolute Gasteiger partial charge is 0.387 e. The molecule has 19 heavy (non-hydrogen) atoms. The van der Waals surface area contributed by atoms with Gasteiger partial charge < -0.3 is 15.3 Å². The Morgan fingerprint density at radius 1 is 1.47 bits per heavy atom. The van der Waals surface area contributed by atoms with Gasteiger partial charge >= 0.3 is 0 Å². The molecule has 1 unspecified atom stereocenters. The van der Waals surface area contributed by atoms with Crippen LogP contribution in [0.5, 0.6) is 0 Å². The van der Waals surface area contributed by atoms with Crippen LogP contribution in [0.4, 0.5) is 8.78 Å². The van der Waals surface area contributed by atoms with Crippen molar-refractivity contribution in [2.24, 2.45) is 0 Å². The van der Waals surface area contributed by atoms with Gasteiger partial charge in [-0.15, -0.1) is 0 Å². The quantitative estimate of drug-likeness (QED) is 0.814. The molecule has 0 aliphatic rings. The number of nitrogens with zero attached hydrogens (tertiary/aromatic N) is 1. The van der Waals surface area contributed by atoms with E-state index in [0.29, 0.717) is 6.54 Å². The molecule has 1 amide bonds. The van der Waals surface area contributed by atoms with Gasteiger partial charge in [0.05, 0.1) is 12.6 Å². The number of aliphatic hydroxyl groups is 1. The fourth-order valence-corrected chi connectivity index (χ4v) is 1.51. The van der Waals surface area contributed by atoms with Crippen molar-refractivity contribution in [2.45, 2.75) is 13.0 Å². The summed E-state index contributed by atoms with van der Waals surface area (Å²) in [5, 5.41) is 12.5. The first-order valence-electron chi connectivity index (χ1n) is 6.03. The van der Waals surface area contributed by atoms with E-state index in [1.807, 2.05) is 6.92 Å². The van der Waals surface area contributed by atoms with Crippen LogP contribution in [0.3, 0.4) is 0 Å². The first kappa shape index (κ1) is 15.5. The summed E-state index contributed by atoms with van der Waals surface area (Å²) >= 11 is 0. The average Bonchev–Trinajstić information content (AvgIpc) is 2.40. The van der Waals surface area contributed by atoms with Crippen LogP contribution < -0.4 is 5.32 Å². The van der Waals surface area contributed by atoms with Crippen molar-refractivity contribution in [1.29, 1.82) is 0 Å². The summed E-state index contributed by atoms with van der Waals surface area (Å²) in [6, 6.07) is 2.89. The molecule has 1 rings (SSSR count). The second kappa shape index (κ2) is 7.16. The highest BCUT2D eigenvalue weighted by atomic mass is 19.1. The number of amides is 1. The van der Waals surface area contributed by atoms with E-state index in [9.17, 15) is 18.7 Å². The van der Waals surface area contributed by atoms with Crippen molar-refractivity contribution in [3.8, 4) is 0 Å². The van der Waals surface area contributed by atoms with E-state index in [1.165, 1.54) is 4.90 Å². The highest BCUT2D eigenvalue weighted by Gasteiger charge is 2.14. The Kier molecular flexibility index (Phi) is 5.85. The third-order valence-corrected chi connectivity index (χ3v) is 2.83. The van der Waals surface area contributed by atoms with Crippen LogP contribution in [0.1, 0.15) is 18.6 Å². The maximum Gasteiger partial charge on any atom is 0.236 e. The first-order valence-corrected chi connectivity index (χ1v) is 6.03. The number of likely N-dealkylation sites (N-methyl/N-ethyl adjacent to an activating group) is 1. The van der Waals surface area contributed by atoms with Gasteiger partial charge in [0.15, 0.2) is 0 Å². The van der Waals surface area contributed by atoms with Crippen molar-refractivity contribution in [2.75, 3.05) is 26.7 Å². The SMILES string of the molecule is CCN(C)C(=O)CNCC(O)c1cc(F)ccc1F. The van der Waals surface area contributed by atoms with Crippen LogP contribution in [0.15, 0.2) is 18.2 Å². The van der Waals surface area contributed by atoms with Gasteiger partial charge in [-0.25, -0.2) is 8.78 Å². The van der Waals surface area contributed by atoms with Gasteiger partial charge in [-0.05, 0) is 25.1 Å². The highest BCUT2D eigenvalue weighted by molar-refractivity contribution is 5.77. The molecular formula is C13H18F2N2O2. The molecule has 0 saturated carbocycles. The molecule has 0 fully saturated rings. The predicted octanol–water partition coefficient (Wildman–Crippen LogP) is 1.07. The molecule has 0 aliphatic heterocycles. The van der Waals surface area contributed by atoms with Crippen molar-refractivity contribution in [3.05, 3.63) is 35.4 Å². The first-order chi connectivity index (χ1) is 8.95. The minimum absolute atomic E-state index is 0.0241. The summed E-state index contributed by atoms with van der Waals surface area (Å²) in [5.74, 6) is -1.42. The van der Waals surface area contributed by atoms with Crippen molar-refractivity contribution in [3.63, 3.8) is 0 Å². The van der Waals surface area contributed by atoms with Crippen LogP contribution in [0, 0.1) is 11.6 Å². The number of carbonyl (C=O) groups is 1. The zero-order chi connectivity index (χ0) is 14.4. The van der Waals surface area contributed by atoms with Gasteiger partial charge in [0.1, 0.15) is 11.6 Å². The van der Waals surface area contributed by atoms with E-state index >= 15 is 0 Å². The number of nitrogens with one attached hydrogen (secondary N) is 1. The molecule has 0 heterocycles. The lowest BCUT2D eigenvalue weighted by atomic mass is 10.1. The standard InChI is InChI=1S/C13H18F2N2O2/c1-3-17(2)13(19)8-16-7-12(18)10-6-9(14)4-5-11(10)15/h4-6,12,16,18H,3,7-8H2,1-2H3. The monoisotopic (exact) mass is 272 g/mol. The van der Waals surface area contributed by atoms with Gasteiger partial charge in [0.25, 0.3) is 0 Å².